The fraction of sp³-hybridized carbons (Fsp3) is 0.273. The smallest absolute Gasteiger partial charge is 0.416 e. The lowest BCUT2D eigenvalue weighted by Gasteiger charge is -2.25. The van der Waals surface area contributed by atoms with E-state index in [1.54, 1.807) is 4.90 Å². The summed E-state index contributed by atoms with van der Waals surface area (Å²) in [4.78, 5) is 27.9. The zero-order valence-corrected chi connectivity index (χ0v) is 24.1. The van der Waals surface area contributed by atoms with Gasteiger partial charge < -0.3 is 10.0 Å². The molecule has 1 aromatic heterocycles. The van der Waals surface area contributed by atoms with E-state index in [0.29, 0.717) is 11.1 Å². The van der Waals surface area contributed by atoms with Gasteiger partial charge in [0.2, 0.25) is 0 Å². The van der Waals surface area contributed by atoms with Gasteiger partial charge >= 0.3 is 12.1 Å². The first-order valence-corrected chi connectivity index (χ1v) is 13.9. The lowest BCUT2D eigenvalue weighted by molar-refractivity contribution is -0.140. The molecular weight excluding hydrogens is 565 g/mol. The third kappa shape index (κ3) is 5.68. The summed E-state index contributed by atoms with van der Waals surface area (Å²) in [7, 11) is 0. The van der Waals surface area contributed by atoms with Crippen molar-refractivity contribution >= 4 is 23.4 Å². The van der Waals surface area contributed by atoms with Gasteiger partial charge in [-0.05, 0) is 51.8 Å². The number of aliphatic carboxylic acids is 1. The third-order valence-corrected chi connectivity index (χ3v) is 7.97. The summed E-state index contributed by atoms with van der Waals surface area (Å²) in [6, 6.07) is 20.6. The van der Waals surface area contributed by atoms with Crippen LogP contribution in [0.1, 0.15) is 54.6 Å². The van der Waals surface area contributed by atoms with Crippen LogP contribution >= 0.6 is 11.6 Å². The van der Waals surface area contributed by atoms with Gasteiger partial charge in [0.1, 0.15) is 10.8 Å². The number of aromatic nitrogens is 1. The van der Waals surface area contributed by atoms with Crippen molar-refractivity contribution in [1.82, 2.24) is 4.57 Å². The highest BCUT2D eigenvalue weighted by molar-refractivity contribution is 6.31. The molecule has 0 amide bonds. The average molecular weight is 595 g/mol. The van der Waals surface area contributed by atoms with Gasteiger partial charge in [0.15, 0.2) is 6.04 Å². The van der Waals surface area contributed by atoms with Crippen molar-refractivity contribution in [2.45, 2.75) is 51.4 Å². The quantitative estimate of drug-likeness (QED) is 0.248. The predicted octanol–water partition coefficient (Wildman–Crippen LogP) is 7.72. The van der Waals surface area contributed by atoms with E-state index < -0.39 is 29.3 Å². The van der Waals surface area contributed by atoms with Crippen molar-refractivity contribution < 1.29 is 23.1 Å². The Bertz CT molecular complexity index is 1710. The molecule has 0 bridgehead atoms. The Hall–Kier alpha value is -4.04. The first-order valence-electron chi connectivity index (χ1n) is 13.5. The lowest BCUT2D eigenvalue weighted by atomic mass is 9.85. The SMILES string of the molecule is CC(C)(C)c1cccc(Cc2c(-c3cccc(C(F)(F)F)c3)c3n(c(=O)c2Cl)C(C(=O)O)CN3Cc2ccccc2)c1. The van der Waals surface area contributed by atoms with Crippen molar-refractivity contribution in [3.05, 3.63) is 122 Å². The van der Waals surface area contributed by atoms with Crippen LogP contribution in [-0.4, -0.2) is 22.2 Å². The highest BCUT2D eigenvalue weighted by Crippen LogP contribution is 2.44. The van der Waals surface area contributed by atoms with Crippen molar-refractivity contribution in [2.24, 2.45) is 0 Å². The average Bonchev–Trinajstić information content (AvgIpc) is 3.31. The number of fused-ring (bicyclic) bond motifs is 1. The highest BCUT2D eigenvalue weighted by atomic mass is 35.5. The molecule has 0 spiro atoms. The molecule has 42 heavy (non-hydrogen) atoms. The number of rotatable bonds is 6. The largest absolute Gasteiger partial charge is 0.480 e. The fourth-order valence-electron chi connectivity index (χ4n) is 5.48. The first kappa shape index (κ1) is 29.5. The molecule has 5 rings (SSSR count). The summed E-state index contributed by atoms with van der Waals surface area (Å²) >= 11 is 6.75. The summed E-state index contributed by atoms with van der Waals surface area (Å²) in [5.41, 5.74) is 1.87. The van der Waals surface area contributed by atoms with Crippen molar-refractivity contribution in [3.8, 4) is 11.1 Å². The maximum Gasteiger partial charge on any atom is 0.416 e. The van der Waals surface area contributed by atoms with Crippen LogP contribution < -0.4 is 10.5 Å². The molecule has 1 aliphatic heterocycles. The minimum absolute atomic E-state index is 0.0509. The summed E-state index contributed by atoms with van der Waals surface area (Å²) in [5, 5.41) is 9.90. The predicted molar refractivity (Wildman–Crippen MR) is 158 cm³/mol. The number of nitrogens with zero attached hydrogens (tertiary/aromatic N) is 2. The molecule has 9 heteroatoms. The molecule has 0 aliphatic carbocycles. The van der Waals surface area contributed by atoms with Gasteiger partial charge in [-0.2, -0.15) is 13.2 Å². The number of anilines is 1. The van der Waals surface area contributed by atoms with Crippen LogP contribution in [0.25, 0.3) is 11.1 Å². The Kier molecular flexibility index (Phi) is 7.70. The molecule has 4 aromatic rings. The van der Waals surface area contributed by atoms with E-state index in [0.717, 1.165) is 33.4 Å². The number of benzene rings is 3. The molecular formula is C33H30ClF3N2O3. The van der Waals surface area contributed by atoms with Crippen LogP contribution in [0.3, 0.4) is 0 Å². The molecule has 1 atom stereocenters. The van der Waals surface area contributed by atoms with Gasteiger partial charge in [-0.15, -0.1) is 0 Å². The Labute approximate surface area is 246 Å². The van der Waals surface area contributed by atoms with Gasteiger partial charge in [0, 0.05) is 12.1 Å². The van der Waals surface area contributed by atoms with E-state index in [1.807, 2.05) is 54.6 Å². The van der Waals surface area contributed by atoms with E-state index in [9.17, 15) is 27.9 Å². The number of carboxylic acid groups (broad SMARTS) is 1. The molecule has 5 nitrogen and oxygen atoms in total. The second kappa shape index (κ2) is 11.0. The second-order valence-electron chi connectivity index (χ2n) is 11.6. The van der Waals surface area contributed by atoms with Gasteiger partial charge in [-0.1, -0.05) is 99.1 Å². The summed E-state index contributed by atoms with van der Waals surface area (Å²) in [6.45, 7) is 6.41. The van der Waals surface area contributed by atoms with Crippen LogP contribution in [0.15, 0.2) is 83.7 Å². The van der Waals surface area contributed by atoms with Gasteiger partial charge in [0.25, 0.3) is 5.56 Å². The third-order valence-electron chi connectivity index (χ3n) is 7.58. The minimum atomic E-state index is -4.61. The maximum absolute atomic E-state index is 13.9. The van der Waals surface area contributed by atoms with E-state index in [4.69, 9.17) is 11.6 Å². The fourth-order valence-corrected chi connectivity index (χ4v) is 5.73. The first-order chi connectivity index (χ1) is 19.8. The Balaban J connectivity index is 1.81. The molecule has 2 heterocycles. The number of carbonyl (C=O) groups is 1. The summed E-state index contributed by atoms with van der Waals surface area (Å²) in [5.74, 6) is -0.993. The Morgan fingerprint density at radius 2 is 1.57 bits per heavy atom. The number of hydrogen-bond donors (Lipinski definition) is 1. The normalized spacial score (nSPS) is 15.1. The maximum atomic E-state index is 13.9. The van der Waals surface area contributed by atoms with E-state index in [-0.39, 0.29) is 41.3 Å². The summed E-state index contributed by atoms with van der Waals surface area (Å²) in [6.07, 6.45) is -4.45. The summed E-state index contributed by atoms with van der Waals surface area (Å²) < 4.78 is 42.7. The number of pyridine rings is 1. The highest BCUT2D eigenvalue weighted by Gasteiger charge is 2.39. The van der Waals surface area contributed by atoms with E-state index >= 15 is 0 Å². The van der Waals surface area contributed by atoms with Crippen LogP contribution in [0.5, 0.6) is 0 Å². The van der Waals surface area contributed by atoms with Crippen LogP contribution in [0.4, 0.5) is 19.0 Å². The minimum Gasteiger partial charge on any atom is -0.480 e. The number of carboxylic acids is 1. The van der Waals surface area contributed by atoms with Gasteiger partial charge in [-0.3, -0.25) is 9.36 Å². The van der Waals surface area contributed by atoms with E-state index in [2.05, 4.69) is 20.8 Å². The van der Waals surface area contributed by atoms with Gasteiger partial charge in [-0.25, -0.2) is 4.79 Å². The van der Waals surface area contributed by atoms with Crippen LogP contribution in [-0.2, 0) is 29.4 Å². The van der Waals surface area contributed by atoms with Crippen LogP contribution in [0, 0.1) is 0 Å². The molecule has 1 aliphatic rings. The molecule has 3 aromatic carbocycles. The molecule has 0 radical (unpaired) electrons. The molecule has 1 unspecified atom stereocenters. The zero-order chi connectivity index (χ0) is 30.4. The molecule has 0 fully saturated rings. The van der Waals surface area contributed by atoms with E-state index in [1.165, 1.54) is 12.1 Å². The monoisotopic (exact) mass is 594 g/mol. The van der Waals surface area contributed by atoms with Crippen LogP contribution in [0.2, 0.25) is 5.02 Å². The lowest BCUT2D eigenvalue weighted by Crippen LogP contribution is -2.29. The molecule has 1 N–H and O–H groups in total. The van der Waals surface area contributed by atoms with Crippen molar-refractivity contribution in [1.29, 1.82) is 0 Å². The zero-order valence-electron chi connectivity index (χ0n) is 23.4. The number of hydrogen-bond acceptors (Lipinski definition) is 3. The number of halogens is 4. The van der Waals surface area contributed by atoms with Gasteiger partial charge in [0.05, 0.1) is 12.1 Å². The van der Waals surface area contributed by atoms with Crippen molar-refractivity contribution in [3.63, 3.8) is 0 Å². The second-order valence-corrected chi connectivity index (χ2v) is 12.0. The van der Waals surface area contributed by atoms with Crippen molar-refractivity contribution in [2.75, 3.05) is 11.4 Å². The Morgan fingerprint density at radius 1 is 0.929 bits per heavy atom. The molecule has 218 valence electrons. The Morgan fingerprint density at radius 3 is 2.21 bits per heavy atom. The number of alkyl halides is 3. The molecule has 0 saturated carbocycles. The molecule has 0 saturated heterocycles. The topological polar surface area (TPSA) is 62.5 Å². The standard InChI is InChI=1S/C33H30ClF3N2O3/c1-32(2,3)23-13-7-11-21(15-23)16-25-27(22-12-8-14-24(17-22)33(35,36)37)29-38(18-20-9-5-4-6-10-20)19-26(31(41)42)39(29)30(40)28(25)34/h4-15,17,26H,16,18-19H2,1-3H3,(H,41,42).